The number of carbonyl (C=O) groups is 2. The number of amides is 1. The van der Waals surface area contributed by atoms with E-state index < -0.39 is 15.8 Å². The highest BCUT2D eigenvalue weighted by Gasteiger charge is 2.18. The third-order valence-corrected chi connectivity index (χ3v) is 3.08. The molecule has 0 aliphatic carbocycles. The van der Waals surface area contributed by atoms with Crippen LogP contribution in [0.2, 0.25) is 0 Å². The Labute approximate surface area is 98.2 Å². The van der Waals surface area contributed by atoms with Crippen LogP contribution in [0.5, 0.6) is 0 Å². The first-order valence-corrected chi connectivity index (χ1v) is 6.46. The minimum Gasteiger partial charge on any atom is -0.478 e. The van der Waals surface area contributed by atoms with E-state index >= 15 is 0 Å². The lowest BCUT2D eigenvalue weighted by molar-refractivity contribution is -0.114. The molecule has 1 amide bonds. The predicted octanol–water partition coefficient (Wildman–Crippen LogP) is 0.747. The van der Waals surface area contributed by atoms with Gasteiger partial charge >= 0.3 is 5.97 Å². The van der Waals surface area contributed by atoms with E-state index in [0.29, 0.717) is 0 Å². The van der Waals surface area contributed by atoms with E-state index in [1.807, 2.05) is 0 Å². The molecule has 0 heterocycles. The summed E-state index contributed by atoms with van der Waals surface area (Å²) in [5, 5.41) is 11.3. The van der Waals surface area contributed by atoms with Crippen molar-refractivity contribution in [2.45, 2.75) is 11.8 Å². The van der Waals surface area contributed by atoms with Crippen LogP contribution in [0.25, 0.3) is 0 Å². The van der Waals surface area contributed by atoms with E-state index in [0.717, 1.165) is 18.4 Å². The SMILES string of the molecule is CC(=O)Nc1ccc(S(C)(=O)=O)c(C(=O)O)c1. The van der Waals surface area contributed by atoms with Gasteiger partial charge in [-0.05, 0) is 18.2 Å². The first kappa shape index (κ1) is 13.2. The second-order valence-corrected chi connectivity index (χ2v) is 5.45. The third kappa shape index (κ3) is 3.28. The van der Waals surface area contributed by atoms with Crippen molar-refractivity contribution in [2.24, 2.45) is 0 Å². The third-order valence-electron chi connectivity index (χ3n) is 1.93. The Morgan fingerprint density at radius 3 is 2.29 bits per heavy atom. The summed E-state index contributed by atoms with van der Waals surface area (Å²) in [5.74, 6) is -1.73. The maximum atomic E-state index is 11.3. The monoisotopic (exact) mass is 257 g/mol. The molecule has 0 atom stereocenters. The molecule has 1 aromatic carbocycles. The molecule has 0 aliphatic heterocycles. The van der Waals surface area contributed by atoms with Gasteiger partial charge in [-0.3, -0.25) is 4.79 Å². The number of anilines is 1. The largest absolute Gasteiger partial charge is 0.478 e. The Kier molecular flexibility index (Phi) is 3.52. The molecule has 0 aromatic heterocycles. The number of sulfone groups is 1. The highest BCUT2D eigenvalue weighted by atomic mass is 32.2. The minimum atomic E-state index is -3.62. The molecule has 2 N–H and O–H groups in total. The van der Waals surface area contributed by atoms with E-state index in [-0.39, 0.29) is 22.1 Å². The van der Waals surface area contributed by atoms with Crippen molar-refractivity contribution in [1.29, 1.82) is 0 Å². The summed E-state index contributed by atoms with van der Waals surface area (Å²) in [6.07, 6.45) is 0.923. The van der Waals surface area contributed by atoms with E-state index in [1.165, 1.54) is 13.0 Å². The number of carboxylic acids is 1. The molecule has 7 heteroatoms. The molecule has 0 aliphatic rings. The summed E-state index contributed by atoms with van der Waals surface area (Å²) in [4.78, 5) is 21.5. The maximum absolute atomic E-state index is 11.3. The number of carbonyl (C=O) groups excluding carboxylic acids is 1. The molecule has 0 saturated carbocycles. The van der Waals surface area contributed by atoms with Gasteiger partial charge in [-0.15, -0.1) is 0 Å². The molecular weight excluding hydrogens is 246 g/mol. The topological polar surface area (TPSA) is 101 Å². The van der Waals surface area contributed by atoms with E-state index in [9.17, 15) is 18.0 Å². The summed E-state index contributed by atoms with van der Waals surface area (Å²) < 4.78 is 22.7. The van der Waals surface area contributed by atoms with Gasteiger partial charge in [0.1, 0.15) is 0 Å². The van der Waals surface area contributed by atoms with Crippen molar-refractivity contribution in [3.05, 3.63) is 23.8 Å². The van der Waals surface area contributed by atoms with Gasteiger partial charge < -0.3 is 10.4 Å². The lowest BCUT2D eigenvalue weighted by Crippen LogP contribution is -2.11. The average molecular weight is 257 g/mol. The lowest BCUT2D eigenvalue weighted by atomic mass is 10.2. The van der Waals surface area contributed by atoms with Crippen LogP contribution in [-0.2, 0) is 14.6 Å². The molecular formula is C10H11NO5S. The number of nitrogens with one attached hydrogen (secondary N) is 1. The number of carboxylic acid groups (broad SMARTS) is 1. The molecule has 0 radical (unpaired) electrons. The van der Waals surface area contributed by atoms with Crippen LogP contribution in [0.4, 0.5) is 5.69 Å². The normalized spacial score (nSPS) is 10.9. The Morgan fingerprint density at radius 2 is 1.88 bits per heavy atom. The van der Waals surface area contributed by atoms with Crippen LogP contribution in [0.15, 0.2) is 23.1 Å². The first-order chi connectivity index (χ1) is 7.71. The highest BCUT2D eigenvalue weighted by Crippen LogP contribution is 2.20. The van der Waals surface area contributed by atoms with E-state index in [4.69, 9.17) is 5.11 Å². The second kappa shape index (κ2) is 4.54. The zero-order valence-electron chi connectivity index (χ0n) is 9.22. The van der Waals surface area contributed by atoms with Crippen molar-refractivity contribution in [2.75, 3.05) is 11.6 Å². The van der Waals surface area contributed by atoms with Crippen LogP contribution < -0.4 is 5.32 Å². The molecule has 92 valence electrons. The predicted molar refractivity (Wildman–Crippen MR) is 60.8 cm³/mol. The summed E-state index contributed by atoms with van der Waals surface area (Å²) >= 11 is 0. The van der Waals surface area contributed by atoms with Crippen molar-refractivity contribution in [3.63, 3.8) is 0 Å². The van der Waals surface area contributed by atoms with E-state index in [2.05, 4.69) is 5.32 Å². The maximum Gasteiger partial charge on any atom is 0.337 e. The van der Waals surface area contributed by atoms with Gasteiger partial charge in [0.05, 0.1) is 10.5 Å². The highest BCUT2D eigenvalue weighted by molar-refractivity contribution is 7.90. The average Bonchev–Trinajstić information content (AvgIpc) is 2.14. The molecule has 6 nitrogen and oxygen atoms in total. The second-order valence-electron chi connectivity index (χ2n) is 3.47. The minimum absolute atomic E-state index is 0.238. The zero-order chi connectivity index (χ0) is 13.2. The van der Waals surface area contributed by atoms with Crippen LogP contribution in [0.1, 0.15) is 17.3 Å². The summed E-state index contributed by atoms with van der Waals surface area (Å²) in [5.41, 5.74) is -0.124. The Hall–Kier alpha value is -1.89. The quantitative estimate of drug-likeness (QED) is 0.832. The molecule has 1 aromatic rings. The molecule has 0 fully saturated rings. The van der Waals surface area contributed by atoms with Crippen LogP contribution in [0, 0.1) is 0 Å². The number of aromatic carboxylic acids is 1. The lowest BCUT2D eigenvalue weighted by Gasteiger charge is -2.07. The van der Waals surface area contributed by atoms with Crippen LogP contribution in [0.3, 0.4) is 0 Å². The van der Waals surface area contributed by atoms with Crippen molar-refractivity contribution in [3.8, 4) is 0 Å². The fraction of sp³-hybridized carbons (Fsp3) is 0.200. The van der Waals surface area contributed by atoms with Gasteiger partial charge in [-0.1, -0.05) is 0 Å². The van der Waals surface area contributed by atoms with Crippen LogP contribution in [-0.4, -0.2) is 31.7 Å². The van der Waals surface area contributed by atoms with Gasteiger partial charge in [-0.25, -0.2) is 13.2 Å². The number of rotatable bonds is 3. The van der Waals surface area contributed by atoms with Gasteiger partial charge in [-0.2, -0.15) is 0 Å². The molecule has 0 saturated heterocycles. The van der Waals surface area contributed by atoms with Crippen molar-refractivity contribution < 1.29 is 23.1 Å². The van der Waals surface area contributed by atoms with Gasteiger partial charge in [0.2, 0.25) is 5.91 Å². The molecule has 0 spiro atoms. The standard InChI is InChI=1S/C10H11NO5S/c1-6(12)11-7-3-4-9(17(2,15)16)8(5-7)10(13)14/h3-5H,1-2H3,(H,11,12)(H,13,14). The number of hydrogen-bond acceptors (Lipinski definition) is 4. The Balaban J connectivity index is 3.37. The number of hydrogen-bond donors (Lipinski definition) is 2. The molecule has 17 heavy (non-hydrogen) atoms. The summed E-state index contributed by atoms with van der Waals surface area (Å²) in [6.45, 7) is 1.27. The summed E-state index contributed by atoms with van der Waals surface area (Å²) in [6, 6.07) is 3.61. The molecule has 1 rings (SSSR count). The van der Waals surface area contributed by atoms with Gasteiger partial charge in [0, 0.05) is 18.9 Å². The molecule has 0 unspecified atom stereocenters. The van der Waals surface area contributed by atoms with Gasteiger partial charge in [0.25, 0.3) is 0 Å². The number of benzene rings is 1. The smallest absolute Gasteiger partial charge is 0.337 e. The first-order valence-electron chi connectivity index (χ1n) is 4.57. The Bertz CT molecular complexity index is 576. The van der Waals surface area contributed by atoms with Crippen molar-refractivity contribution in [1.82, 2.24) is 0 Å². The molecule has 0 bridgehead atoms. The fourth-order valence-electron chi connectivity index (χ4n) is 1.30. The van der Waals surface area contributed by atoms with E-state index in [1.54, 1.807) is 0 Å². The Morgan fingerprint density at radius 1 is 1.29 bits per heavy atom. The van der Waals surface area contributed by atoms with Crippen molar-refractivity contribution >= 4 is 27.4 Å². The zero-order valence-corrected chi connectivity index (χ0v) is 10.0. The fourth-order valence-corrected chi connectivity index (χ4v) is 2.16. The van der Waals surface area contributed by atoms with Crippen LogP contribution >= 0.6 is 0 Å². The summed E-state index contributed by atoms with van der Waals surface area (Å²) in [7, 11) is -3.62. The van der Waals surface area contributed by atoms with Gasteiger partial charge in [0.15, 0.2) is 9.84 Å².